The van der Waals surface area contributed by atoms with Gasteiger partial charge in [-0.05, 0) is 0 Å². The van der Waals surface area contributed by atoms with Crippen LogP contribution in [0.1, 0.15) is 0 Å². The second-order valence-corrected chi connectivity index (χ2v) is 3.21. The SMILES string of the molecule is BrC1=C=C=C=[C-]1.BrC1=C=C=C=[C-]1.[Fe+2]. The number of halogens is 2. The second kappa shape index (κ2) is 7.08. The predicted octanol–water partition coefficient (Wildman–Crippen LogP) is 3.09. The third kappa shape index (κ3) is 5.81. The normalized spacial score (nSPS) is 12.2. The first-order valence-electron chi connectivity index (χ1n) is 2.88. The average Bonchev–Trinajstić information content (AvgIpc) is 2.63. The van der Waals surface area contributed by atoms with Crippen LogP contribution in [-0.4, -0.2) is 0 Å². The van der Waals surface area contributed by atoms with Gasteiger partial charge in [0.05, 0.1) is 0 Å². The van der Waals surface area contributed by atoms with Gasteiger partial charge in [-0.3, -0.25) is 22.9 Å². The fourth-order valence-electron chi connectivity index (χ4n) is 0.407. The Morgan fingerprint density at radius 1 is 0.846 bits per heavy atom. The molecule has 0 saturated carbocycles. The summed E-state index contributed by atoms with van der Waals surface area (Å²) in [6.07, 6.45) is 5.36. The van der Waals surface area contributed by atoms with Crippen molar-refractivity contribution in [2.45, 2.75) is 0 Å². The molecule has 0 saturated heterocycles. The van der Waals surface area contributed by atoms with Gasteiger partial charge in [-0.2, -0.15) is 0 Å². The van der Waals surface area contributed by atoms with Crippen LogP contribution >= 0.6 is 31.9 Å². The van der Waals surface area contributed by atoms with Crippen molar-refractivity contribution in [3.05, 3.63) is 55.5 Å². The molecule has 2 aliphatic rings. The van der Waals surface area contributed by atoms with Crippen LogP contribution < -0.4 is 0 Å². The summed E-state index contributed by atoms with van der Waals surface area (Å²) >= 11 is 6.22. The Bertz CT molecular complexity index is 415. The first-order chi connectivity index (χ1) is 5.79. The van der Waals surface area contributed by atoms with Crippen molar-refractivity contribution in [3.8, 4) is 0 Å². The van der Waals surface area contributed by atoms with Gasteiger partial charge in [0, 0.05) is 0 Å². The summed E-state index contributed by atoms with van der Waals surface area (Å²) in [5, 5.41) is 0. The van der Waals surface area contributed by atoms with Crippen molar-refractivity contribution in [2.24, 2.45) is 0 Å². The van der Waals surface area contributed by atoms with E-state index in [9.17, 15) is 0 Å². The van der Waals surface area contributed by atoms with Crippen LogP contribution in [0.5, 0.6) is 0 Å². The van der Waals surface area contributed by atoms with E-state index < -0.39 is 0 Å². The summed E-state index contributed by atoms with van der Waals surface area (Å²) in [6.45, 7) is 0. The van der Waals surface area contributed by atoms with Crippen molar-refractivity contribution in [3.63, 3.8) is 0 Å². The van der Waals surface area contributed by atoms with E-state index in [0.717, 1.165) is 8.96 Å². The monoisotopic (exact) mass is 334 g/mol. The summed E-state index contributed by atoms with van der Waals surface area (Å²) in [6, 6.07) is 0. The molecule has 0 N–H and O–H groups in total. The molecule has 0 spiro atoms. The Labute approximate surface area is 104 Å². The largest absolute Gasteiger partial charge is 2.00 e. The summed E-state index contributed by atoms with van der Waals surface area (Å²) in [4.78, 5) is 0. The molecule has 0 aromatic rings. The fraction of sp³-hybridized carbons (Fsp3) is 0. The Morgan fingerprint density at radius 3 is 1.31 bits per heavy atom. The minimum Gasteiger partial charge on any atom is -0.280 e. The summed E-state index contributed by atoms with van der Waals surface area (Å²) < 4.78 is 1.59. The molecule has 2 rings (SSSR count). The zero-order valence-corrected chi connectivity index (χ0v) is 10.4. The Balaban J connectivity index is 0.000000206. The predicted molar refractivity (Wildman–Crippen MR) is 52.4 cm³/mol. The van der Waals surface area contributed by atoms with E-state index in [1.54, 1.807) is 0 Å². The zero-order chi connectivity index (χ0) is 8.81. The topological polar surface area (TPSA) is 0 Å². The van der Waals surface area contributed by atoms with Crippen LogP contribution in [0.2, 0.25) is 0 Å². The average molecular weight is 336 g/mol. The third-order valence-corrected chi connectivity index (χ3v) is 1.61. The standard InChI is InChI=1S/2C5Br.Fe/c2*6-5-3-1-2-4-5;/q2*-1;+2. The van der Waals surface area contributed by atoms with Crippen molar-refractivity contribution in [2.75, 3.05) is 0 Å². The third-order valence-electron chi connectivity index (χ3n) is 0.814. The number of hydrogen-bond donors (Lipinski definition) is 0. The molecule has 3 heteroatoms. The van der Waals surface area contributed by atoms with E-state index in [0.29, 0.717) is 0 Å². The molecule has 0 bridgehead atoms. The number of hydrogen-bond acceptors (Lipinski definition) is 0. The van der Waals surface area contributed by atoms with Gasteiger partial charge in [-0.15, -0.1) is 12.2 Å². The molecule has 0 atom stereocenters. The van der Waals surface area contributed by atoms with Gasteiger partial charge in [-0.25, -0.2) is 11.5 Å². The minimum atomic E-state index is 0. The molecule has 2 aliphatic carbocycles. The maximum atomic E-state index is 3.11. The maximum absolute atomic E-state index is 3.11. The zero-order valence-electron chi connectivity index (χ0n) is 6.11. The van der Waals surface area contributed by atoms with Crippen LogP contribution in [0.3, 0.4) is 0 Å². The van der Waals surface area contributed by atoms with Gasteiger partial charge in [0.2, 0.25) is 0 Å². The molecular formula is C10Br2Fe. The van der Waals surface area contributed by atoms with Crippen molar-refractivity contribution >= 4 is 31.9 Å². The van der Waals surface area contributed by atoms with Crippen LogP contribution in [0, 0.1) is 12.2 Å². The van der Waals surface area contributed by atoms with E-state index in [1.807, 2.05) is 0 Å². The van der Waals surface area contributed by atoms with Crippen molar-refractivity contribution in [1.29, 1.82) is 0 Å². The van der Waals surface area contributed by atoms with Crippen molar-refractivity contribution in [1.82, 2.24) is 0 Å². The maximum Gasteiger partial charge on any atom is 2.00 e. The van der Waals surface area contributed by atoms with Crippen LogP contribution in [0.25, 0.3) is 0 Å². The molecule has 0 aromatic heterocycles. The van der Waals surface area contributed by atoms with E-state index in [2.05, 4.69) is 78.4 Å². The molecular weight excluding hydrogens is 336 g/mol. The molecule has 0 amide bonds. The van der Waals surface area contributed by atoms with Gasteiger partial charge in [0.25, 0.3) is 0 Å². The van der Waals surface area contributed by atoms with E-state index >= 15 is 0 Å². The van der Waals surface area contributed by atoms with E-state index in [-0.39, 0.29) is 17.1 Å². The molecule has 62 valence electrons. The molecule has 0 fully saturated rings. The fourth-order valence-corrected chi connectivity index (χ4v) is 0.803. The molecule has 0 aliphatic heterocycles. The molecule has 0 unspecified atom stereocenters. The van der Waals surface area contributed by atoms with Gasteiger partial charge in [0.15, 0.2) is 0 Å². The van der Waals surface area contributed by atoms with Crippen molar-refractivity contribution < 1.29 is 17.1 Å². The van der Waals surface area contributed by atoms with Gasteiger partial charge in [-0.1, -0.05) is 40.8 Å². The Morgan fingerprint density at radius 2 is 1.23 bits per heavy atom. The molecule has 0 radical (unpaired) electrons. The first-order valence-corrected chi connectivity index (χ1v) is 4.46. The number of rotatable bonds is 0. The van der Waals surface area contributed by atoms with E-state index in [1.165, 1.54) is 0 Å². The summed E-state index contributed by atoms with van der Waals surface area (Å²) in [5.41, 5.74) is 15.7. The number of allylic oxidation sites excluding steroid dienone is 4. The Kier molecular flexibility index (Phi) is 6.89. The summed E-state index contributed by atoms with van der Waals surface area (Å²) in [5.74, 6) is 0. The molecule has 0 nitrogen and oxygen atoms in total. The van der Waals surface area contributed by atoms with Crippen LogP contribution in [0.15, 0.2) is 43.4 Å². The molecule has 13 heavy (non-hydrogen) atoms. The van der Waals surface area contributed by atoms with Gasteiger partial charge in [0.1, 0.15) is 0 Å². The van der Waals surface area contributed by atoms with Crippen LogP contribution in [-0.2, 0) is 17.1 Å². The smallest absolute Gasteiger partial charge is 0.280 e. The van der Waals surface area contributed by atoms with Crippen LogP contribution in [0.4, 0.5) is 0 Å². The van der Waals surface area contributed by atoms with E-state index in [4.69, 9.17) is 0 Å². The summed E-state index contributed by atoms with van der Waals surface area (Å²) in [7, 11) is 0. The second-order valence-electron chi connectivity index (χ2n) is 1.63. The first kappa shape index (κ1) is 12.6. The quantitative estimate of drug-likeness (QED) is 0.362. The van der Waals surface area contributed by atoms with Gasteiger partial charge >= 0.3 is 17.1 Å². The molecule has 0 heterocycles. The molecule has 0 aromatic carbocycles. The Hall–Kier alpha value is -0.361. The minimum absolute atomic E-state index is 0. The van der Waals surface area contributed by atoms with Gasteiger partial charge < -0.3 is 0 Å².